The van der Waals surface area contributed by atoms with Crippen LogP contribution in [-0.2, 0) is 0 Å². The first-order chi connectivity index (χ1) is 16.5. The first-order valence-corrected chi connectivity index (χ1v) is 11.3. The lowest BCUT2D eigenvalue weighted by atomic mass is 10.2. The molecule has 170 valence electrons. The molecule has 10 heteroatoms. The van der Waals surface area contributed by atoms with Gasteiger partial charge in [0.05, 0.1) is 30.0 Å². The highest BCUT2D eigenvalue weighted by Gasteiger charge is 2.13. The normalized spacial score (nSPS) is 10.9. The Morgan fingerprint density at radius 3 is 2.59 bits per heavy atom. The molecule has 0 radical (unpaired) electrons. The summed E-state index contributed by atoms with van der Waals surface area (Å²) in [5.74, 6) is 1.53. The van der Waals surface area contributed by atoms with E-state index in [1.54, 1.807) is 44.6 Å². The molecule has 1 amide bonds. The van der Waals surface area contributed by atoms with E-state index in [1.165, 1.54) is 17.7 Å². The summed E-state index contributed by atoms with van der Waals surface area (Å²) in [7, 11) is 3.16. The van der Waals surface area contributed by atoms with Crippen molar-refractivity contribution in [2.45, 2.75) is 0 Å². The van der Waals surface area contributed by atoms with Crippen LogP contribution >= 0.6 is 22.9 Å². The third kappa shape index (κ3) is 4.30. The second kappa shape index (κ2) is 9.12. The van der Waals surface area contributed by atoms with Crippen molar-refractivity contribution in [2.75, 3.05) is 24.9 Å². The van der Waals surface area contributed by atoms with Crippen LogP contribution in [0.15, 0.2) is 60.9 Å². The fourth-order valence-electron chi connectivity index (χ4n) is 3.47. The molecule has 0 fully saturated rings. The first-order valence-electron chi connectivity index (χ1n) is 10.2. The van der Waals surface area contributed by atoms with Crippen molar-refractivity contribution in [1.82, 2.24) is 15.0 Å². The van der Waals surface area contributed by atoms with Crippen molar-refractivity contribution in [1.29, 1.82) is 0 Å². The number of anilines is 3. The molecule has 0 spiro atoms. The Labute approximate surface area is 203 Å². The summed E-state index contributed by atoms with van der Waals surface area (Å²) in [6.07, 6.45) is 1.48. The number of carbonyl (C=O) groups excluding carboxylic acids is 1. The quantitative estimate of drug-likeness (QED) is 0.305. The maximum atomic E-state index is 12.5. The number of methoxy groups -OCH3 is 2. The molecule has 0 aliphatic rings. The van der Waals surface area contributed by atoms with Gasteiger partial charge in [-0.3, -0.25) is 4.79 Å². The number of aromatic nitrogens is 3. The van der Waals surface area contributed by atoms with Crippen molar-refractivity contribution in [3.05, 3.63) is 71.5 Å². The van der Waals surface area contributed by atoms with Gasteiger partial charge < -0.3 is 20.1 Å². The number of thiazole rings is 1. The zero-order valence-electron chi connectivity index (χ0n) is 18.1. The minimum Gasteiger partial charge on any atom is -0.493 e. The fraction of sp³-hybridized carbons (Fsp3) is 0.0833. The lowest BCUT2D eigenvalue weighted by Gasteiger charge is -2.10. The lowest BCUT2D eigenvalue weighted by molar-refractivity contribution is 0.102. The summed E-state index contributed by atoms with van der Waals surface area (Å²) >= 11 is 7.44. The van der Waals surface area contributed by atoms with Crippen LogP contribution in [0.5, 0.6) is 11.5 Å². The van der Waals surface area contributed by atoms with Gasteiger partial charge >= 0.3 is 0 Å². The smallest absolute Gasteiger partial charge is 0.255 e. The molecule has 0 saturated carbocycles. The summed E-state index contributed by atoms with van der Waals surface area (Å²) in [5.41, 5.74) is 2.66. The van der Waals surface area contributed by atoms with Crippen LogP contribution in [-0.4, -0.2) is 35.1 Å². The second-order valence-electron chi connectivity index (χ2n) is 7.24. The van der Waals surface area contributed by atoms with Crippen molar-refractivity contribution in [2.24, 2.45) is 0 Å². The number of hydrogen-bond donors (Lipinski definition) is 2. The Balaban J connectivity index is 1.42. The molecule has 5 rings (SSSR count). The minimum absolute atomic E-state index is 0.235. The number of fused-ring (bicyclic) bond motifs is 2. The van der Waals surface area contributed by atoms with Gasteiger partial charge in [0.15, 0.2) is 16.6 Å². The summed E-state index contributed by atoms with van der Waals surface area (Å²) in [4.78, 5) is 25.9. The van der Waals surface area contributed by atoms with Crippen molar-refractivity contribution in [3.63, 3.8) is 0 Å². The van der Waals surface area contributed by atoms with Crippen molar-refractivity contribution < 1.29 is 14.3 Å². The molecule has 0 aliphatic heterocycles. The Kier molecular flexibility index (Phi) is 5.87. The topological polar surface area (TPSA) is 98.3 Å². The van der Waals surface area contributed by atoms with E-state index < -0.39 is 0 Å². The Hall–Kier alpha value is -3.95. The van der Waals surface area contributed by atoms with Gasteiger partial charge in [0.25, 0.3) is 5.91 Å². The van der Waals surface area contributed by atoms with Crippen LogP contribution < -0.4 is 20.1 Å². The summed E-state index contributed by atoms with van der Waals surface area (Å²) in [6.45, 7) is 0. The van der Waals surface area contributed by atoms with Gasteiger partial charge in [0.1, 0.15) is 12.1 Å². The molecule has 0 aliphatic carbocycles. The maximum Gasteiger partial charge on any atom is 0.255 e. The van der Waals surface area contributed by atoms with Gasteiger partial charge in [-0.15, -0.1) is 0 Å². The van der Waals surface area contributed by atoms with Gasteiger partial charge in [-0.1, -0.05) is 29.0 Å². The van der Waals surface area contributed by atoms with Crippen LogP contribution in [0, 0.1) is 0 Å². The highest BCUT2D eigenvalue weighted by molar-refractivity contribution is 7.22. The van der Waals surface area contributed by atoms with E-state index in [0.29, 0.717) is 44.2 Å². The largest absolute Gasteiger partial charge is 0.493 e. The Morgan fingerprint density at radius 1 is 0.971 bits per heavy atom. The van der Waals surface area contributed by atoms with E-state index in [0.717, 1.165) is 15.6 Å². The average molecular weight is 492 g/mol. The van der Waals surface area contributed by atoms with Crippen LogP contribution in [0.3, 0.4) is 0 Å². The summed E-state index contributed by atoms with van der Waals surface area (Å²) in [5, 5.41) is 8.11. The number of benzene rings is 3. The molecule has 2 aromatic heterocycles. The number of rotatable bonds is 6. The van der Waals surface area contributed by atoms with Crippen molar-refractivity contribution in [3.8, 4) is 11.5 Å². The molecule has 0 saturated heterocycles. The van der Waals surface area contributed by atoms with E-state index in [1.807, 2.05) is 24.3 Å². The molecule has 34 heavy (non-hydrogen) atoms. The summed E-state index contributed by atoms with van der Waals surface area (Å²) < 4.78 is 11.7. The van der Waals surface area contributed by atoms with E-state index >= 15 is 0 Å². The molecule has 0 unspecified atom stereocenters. The monoisotopic (exact) mass is 491 g/mol. The highest BCUT2D eigenvalue weighted by Crippen LogP contribution is 2.36. The number of nitrogens with zero attached hydrogens (tertiary/aromatic N) is 3. The van der Waals surface area contributed by atoms with Gasteiger partial charge in [0.2, 0.25) is 0 Å². The number of carbonyl (C=O) groups is 1. The number of halogens is 1. The SMILES string of the molecule is COc1cc2ncnc(Nc3nc4ccc(NC(=O)c5cccc(Cl)c5)cc4s3)c2cc1OC. The molecular weight excluding hydrogens is 474 g/mol. The molecule has 2 heterocycles. The van der Waals surface area contributed by atoms with Crippen LogP contribution in [0.4, 0.5) is 16.6 Å². The minimum atomic E-state index is -0.235. The third-order valence-electron chi connectivity index (χ3n) is 5.10. The Bertz CT molecular complexity index is 1540. The number of hydrogen-bond acceptors (Lipinski definition) is 8. The van der Waals surface area contributed by atoms with Crippen molar-refractivity contribution >= 4 is 66.6 Å². The van der Waals surface area contributed by atoms with E-state index in [2.05, 4.69) is 25.6 Å². The highest BCUT2D eigenvalue weighted by atomic mass is 35.5. The zero-order chi connectivity index (χ0) is 23.7. The van der Waals surface area contributed by atoms with Gasteiger partial charge in [-0.2, -0.15) is 0 Å². The third-order valence-corrected chi connectivity index (χ3v) is 6.27. The molecule has 5 aromatic rings. The maximum absolute atomic E-state index is 12.5. The number of amides is 1. The average Bonchev–Trinajstić information content (AvgIpc) is 3.25. The number of nitrogens with one attached hydrogen (secondary N) is 2. The second-order valence-corrected chi connectivity index (χ2v) is 8.70. The van der Waals surface area contributed by atoms with E-state index in [4.69, 9.17) is 21.1 Å². The molecule has 8 nitrogen and oxygen atoms in total. The van der Waals surface area contributed by atoms with E-state index in [9.17, 15) is 4.79 Å². The zero-order valence-corrected chi connectivity index (χ0v) is 19.7. The predicted octanol–water partition coefficient (Wildman–Crippen LogP) is 5.91. The molecule has 0 bridgehead atoms. The lowest BCUT2D eigenvalue weighted by Crippen LogP contribution is -2.11. The van der Waals surface area contributed by atoms with Crippen LogP contribution in [0.25, 0.3) is 21.1 Å². The summed E-state index contributed by atoms with van der Waals surface area (Å²) in [6, 6.07) is 16.0. The Morgan fingerprint density at radius 2 is 1.79 bits per heavy atom. The fourth-order valence-corrected chi connectivity index (χ4v) is 4.57. The first kappa shape index (κ1) is 21.9. The van der Waals surface area contributed by atoms with Gasteiger partial charge in [-0.25, -0.2) is 15.0 Å². The van der Waals surface area contributed by atoms with Crippen LogP contribution in [0.1, 0.15) is 10.4 Å². The van der Waals surface area contributed by atoms with Gasteiger partial charge in [0, 0.05) is 27.7 Å². The molecule has 2 N–H and O–H groups in total. The molecule has 0 atom stereocenters. The standard InChI is InChI=1S/C24H18ClN5O3S/c1-32-19-10-16-18(11-20(19)33-2)26-12-27-22(16)30-24-29-17-7-6-15(9-21(17)34-24)28-23(31)13-4-3-5-14(25)8-13/h3-12H,1-2H3,(H,28,31)(H,26,27,29,30). The number of ether oxygens (including phenoxy) is 2. The van der Waals surface area contributed by atoms with E-state index in [-0.39, 0.29) is 5.91 Å². The van der Waals surface area contributed by atoms with Gasteiger partial charge in [-0.05, 0) is 42.5 Å². The predicted molar refractivity (Wildman–Crippen MR) is 135 cm³/mol. The molecular formula is C24H18ClN5O3S. The molecule has 3 aromatic carbocycles. The van der Waals surface area contributed by atoms with Crippen LogP contribution in [0.2, 0.25) is 5.02 Å².